The van der Waals surface area contributed by atoms with E-state index in [1.807, 2.05) is 66.7 Å². The molecule has 2 heterocycles. The lowest BCUT2D eigenvalue weighted by molar-refractivity contribution is -0.121. The summed E-state index contributed by atoms with van der Waals surface area (Å²) in [6.45, 7) is 2.14. The fourth-order valence-electron chi connectivity index (χ4n) is 3.04. The van der Waals surface area contributed by atoms with Gasteiger partial charge in [0.05, 0.1) is 5.39 Å². The van der Waals surface area contributed by atoms with E-state index in [2.05, 4.69) is 10.3 Å². The molecule has 1 amide bonds. The fraction of sp³-hybridized carbons (Fsp3) is 0.136. The Morgan fingerprint density at radius 1 is 1.07 bits per heavy atom. The van der Waals surface area contributed by atoms with E-state index in [0.717, 1.165) is 16.0 Å². The van der Waals surface area contributed by atoms with Crippen molar-refractivity contribution in [2.24, 2.45) is 0 Å². The Bertz CT molecular complexity index is 1180. The first-order valence-electron chi connectivity index (χ1n) is 8.99. The predicted molar refractivity (Wildman–Crippen MR) is 112 cm³/mol. The molecule has 0 bridgehead atoms. The number of nitrogens with one attached hydrogen (secondary N) is 1. The zero-order valence-corrected chi connectivity index (χ0v) is 16.2. The minimum absolute atomic E-state index is 0.0447. The maximum absolute atomic E-state index is 13.0. The Labute approximate surface area is 166 Å². The van der Waals surface area contributed by atoms with E-state index in [-0.39, 0.29) is 18.0 Å². The second-order valence-corrected chi connectivity index (χ2v) is 7.54. The van der Waals surface area contributed by atoms with Crippen LogP contribution in [-0.2, 0) is 17.9 Å². The predicted octanol–water partition coefficient (Wildman–Crippen LogP) is 3.75. The third kappa shape index (κ3) is 3.73. The van der Waals surface area contributed by atoms with Crippen LogP contribution in [0.15, 0.2) is 71.5 Å². The molecule has 4 aromatic rings. The smallest absolute Gasteiger partial charge is 0.262 e. The van der Waals surface area contributed by atoms with Gasteiger partial charge in [0.2, 0.25) is 5.91 Å². The third-order valence-electron chi connectivity index (χ3n) is 4.53. The van der Waals surface area contributed by atoms with Crippen LogP contribution >= 0.6 is 11.3 Å². The van der Waals surface area contributed by atoms with Crippen LogP contribution in [0.2, 0.25) is 0 Å². The SMILES string of the molecule is Cc1nc2sc(-c3ccccc3)cc2c(=O)n1CC(=O)NCc1ccccc1. The molecule has 0 saturated heterocycles. The summed E-state index contributed by atoms with van der Waals surface area (Å²) in [5, 5.41) is 3.40. The fourth-order valence-corrected chi connectivity index (χ4v) is 4.12. The van der Waals surface area contributed by atoms with Gasteiger partial charge in [-0.2, -0.15) is 0 Å². The van der Waals surface area contributed by atoms with Crippen LogP contribution in [0.4, 0.5) is 0 Å². The molecule has 0 aliphatic rings. The van der Waals surface area contributed by atoms with E-state index >= 15 is 0 Å². The lowest BCUT2D eigenvalue weighted by Crippen LogP contribution is -2.33. The number of benzene rings is 2. The Hall–Kier alpha value is -3.25. The van der Waals surface area contributed by atoms with Gasteiger partial charge in [0.15, 0.2) is 0 Å². The van der Waals surface area contributed by atoms with E-state index in [4.69, 9.17) is 0 Å². The van der Waals surface area contributed by atoms with Crippen LogP contribution in [0.5, 0.6) is 0 Å². The molecule has 0 aliphatic heterocycles. The maximum Gasteiger partial charge on any atom is 0.262 e. The first-order valence-corrected chi connectivity index (χ1v) is 9.80. The summed E-state index contributed by atoms with van der Waals surface area (Å²) in [6, 6.07) is 21.4. The van der Waals surface area contributed by atoms with Crippen LogP contribution in [0.3, 0.4) is 0 Å². The molecule has 2 aromatic carbocycles. The van der Waals surface area contributed by atoms with Crippen molar-refractivity contribution < 1.29 is 4.79 Å². The molecule has 0 atom stereocenters. The first-order chi connectivity index (χ1) is 13.6. The van der Waals surface area contributed by atoms with Crippen LogP contribution in [-0.4, -0.2) is 15.5 Å². The monoisotopic (exact) mass is 389 g/mol. The number of aryl methyl sites for hydroxylation is 1. The highest BCUT2D eigenvalue weighted by atomic mass is 32.1. The molecule has 5 nitrogen and oxygen atoms in total. The number of nitrogens with zero attached hydrogens (tertiary/aromatic N) is 2. The van der Waals surface area contributed by atoms with Gasteiger partial charge in [-0.05, 0) is 24.1 Å². The molecule has 0 fully saturated rings. The van der Waals surface area contributed by atoms with E-state index < -0.39 is 0 Å². The van der Waals surface area contributed by atoms with Gasteiger partial charge in [-0.1, -0.05) is 60.7 Å². The third-order valence-corrected chi connectivity index (χ3v) is 5.61. The summed E-state index contributed by atoms with van der Waals surface area (Å²) in [7, 11) is 0. The second kappa shape index (κ2) is 7.78. The molecule has 0 unspecified atom stereocenters. The Balaban J connectivity index is 1.59. The number of aromatic nitrogens is 2. The molecule has 0 radical (unpaired) electrons. The summed E-state index contributed by atoms with van der Waals surface area (Å²) in [6.07, 6.45) is 0. The minimum Gasteiger partial charge on any atom is -0.350 e. The van der Waals surface area contributed by atoms with Gasteiger partial charge in [-0.3, -0.25) is 14.2 Å². The van der Waals surface area contributed by atoms with Gasteiger partial charge in [0, 0.05) is 11.4 Å². The maximum atomic E-state index is 13.0. The minimum atomic E-state index is -0.214. The van der Waals surface area contributed by atoms with E-state index in [9.17, 15) is 9.59 Å². The summed E-state index contributed by atoms with van der Waals surface area (Å²) < 4.78 is 1.43. The average Bonchev–Trinajstić information content (AvgIpc) is 3.15. The lowest BCUT2D eigenvalue weighted by Gasteiger charge is -2.10. The molecule has 0 aliphatic carbocycles. The molecule has 28 heavy (non-hydrogen) atoms. The Kier molecular flexibility index (Phi) is 5.04. The number of thiophene rings is 1. The Morgan fingerprint density at radius 3 is 2.46 bits per heavy atom. The van der Waals surface area contributed by atoms with Gasteiger partial charge in [-0.15, -0.1) is 11.3 Å². The van der Waals surface area contributed by atoms with Crippen LogP contribution < -0.4 is 10.9 Å². The van der Waals surface area contributed by atoms with Crippen LogP contribution in [0, 0.1) is 6.92 Å². The zero-order valence-electron chi connectivity index (χ0n) is 15.4. The van der Waals surface area contributed by atoms with Gasteiger partial charge in [-0.25, -0.2) is 4.98 Å². The van der Waals surface area contributed by atoms with Gasteiger partial charge in [0.25, 0.3) is 5.56 Å². The summed E-state index contributed by atoms with van der Waals surface area (Å²) >= 11 is 1.49. The molecule has 6 heteroatoms. The van der Waals surface area contributed by atoms with Crippen molar-refractivity contribution in [1.29, 1.82) is 0 Å². The molecule has 2 aromatic heterocycles. The lowest BCUT2D eigenvalue weighted by atomic mass is 10.2. The quantitative estimate of drug-likeness (QED) is 0.565. The number of rotatable bonds is 5. The molecular formula is C22H19N3O2S. The topological polar surface area (TPSA) is 64.0 Å². The molecule has 1 N–H and O–H groups in total. The number of amides is 1. The molecule has 4 rings (SSSR count). The normalized spacial score (nSPS) is 10.9. The van der Waals surface area contributed by atoms with Crippen molar-refractivity contribution in [3.8, 4) is 10.4 Å². The number of fused-ring (bicyclic) bond motifs is 1. The standard InChI is InChI=1S/C22H19N3O2S/c1-15-24-21-18(12-19(28-21)17-10-6-3-7-11-17)22(27)25(15)14-20(26)23-13-16-8-4-2-5-9-16/h2-12H,13-14H2,1H3,(H,23,26). The number of carbonyl (C=O) groups is 1. The summed E-state index contributed by atoms with van der Waals surface area (Å²) in [5.41, 5.74) is 1.88. The second-order valence-electron chi connectivity index (χ2n) is 6.51. The van der Waals surface area contributed by atoms with Crippen molar-refractivity contribution in [3.05, 3.63) is 88.5 Å². The number of hydrogen-bond acceptors (Lipinski definition) is 4. The first kappa shape index (κ1) is 18.1. The highest BCUT2D eigenvalue weighted by Crippen LogP contribution is 2.30. The van der Waals surface area contributed by atoms with Gasteiger partial charge < -0.3 is 5.32 Å². The largest absolute Gasteiger partial charge is 0.350 e. The van der Waals surface area contributed by atoms with Gasteiger partial charge in [0.1, 0.15) is 17.2 Å². The Morgan fingerprint density at radius 2 is 1.75 bits per heavy atom. The van der Waals surface area contributed by atoms with E-state index in [0.29, 0.717) is 22.6 Å². The van der Waals surface area contributed by atoms with Gasteiger partial charge >= 0.3 is 0 Å². The van der Waals surface area contributed by atoms with Crippen molar-refractivity contribution in [3.63, 3.8) is 0 Å². The van der Waals surface area contributed by atoms with Crippen molar-refractivity contribution in [2.45, 2.75) is 20.0 Å². The van der Waals surface area contributed by atoms with Crippen LogP contribution in [0.1, 0.15) is 11.4 Å². The van der Waals surface area contributed by atoms with E-state index in [1.54, 1.807) is 6.92 Å². The van der Waals surface area contributed by atoms with Crippen LogP contribution in [0.25, 0.3) is 20.7 Å². The van der Waals surface area contributed by atoms with Crippen molar-refractivity contribution >= 4 is 27.5 Å². The average molecular weight is 389 g/mol. The summed E-state index contributed by atoms with van der Waals surface area (Å²) in [5.74, 6) is 0.322. The molecule has 0 spiro atoms. The van der Waals surface area contributed by atoms with Crippen molar-refractivity contribution in [1.82, 2.24) is 14.9 Å². The van der Waals surface area contributed by atoms with E-state index in [1.165, 1.54) is 15.9 Å². The highest BCUT2D eigenvalue weighted by molar-refractivity contribution is 7.21. The zero-order chi connectivity index (χ0) is 19.5. The molecular weight excluding hydrogens is 370 g/mol. The number of carbonyl (C=O) groups excluding carboxylic acids is 1. The highest BCUT2D eigenvalue weighted by Gasteiger charge is 2.15. The number of hydrogen-bond donors (Lipinski definition) is 1. The summed E-state index contributed by atoms with van der Waals surface area (Å²) in [4.78, 5) is 31.6. The molecule has 0 saturated carbocycles. The van der Waals surface area contributed by atoms with Crippen molar-refractivity contribution in [2.75, 3.05) is 0 Å². The molecule has 140 valence electrons.